The molecule has 0 aliphatic rings. The normalized spacial score (nSPS) is 11.1. The van der Waals surface area contributed by atoms with Crippen LogP contribution in [0.25, 0.3) is 5.69 Å². The van der Waals surface area contributed by atoms with Crippen LogP contribution < -0.4 is 5.56 Å². The van der Waals surface area contributed by atoms with E-state index in [1.54, 1.807) is 6.92 Å². The van der Waals surface area contributed by atoms with Gasteiger partial charge in [0.25, 0.3) is 11.2 Å². The number of rotatable bonds is 5. The van der Waals surface area contributed by atoms with Gasteiger partial charge >= 0.3 is 5.97 Å². The van der Waals surface area contributed by atoms with Crippen molar-refractivity contribution in [2.45, 2.75) is 6.92 Å². The molecule has 3 aromatic rings. The lowest BCUT2D eigenvalue weighted by Gasteiger charge is -2.04. The van der Waals surface area contributed by atoms with Gasteiger partial charge in [0.2, 0.25) is 0 Å². The monoisotopic (exact) mass is 435 g/mol. The number of halogens is 2. The summed E-state index contributed by atoms with van der Waals surface area (Å²) in [5.41, 5.74) is -0.415. The summed E-state index contributed by atoms with van der Waals surface area (Å²) in [5, 5.41) is 30.6. The molecular weight excluding hydrogens is 425 g/mol. The van der Waals surface area contributed by atoms with Crippen LogP contribution in [0.15, 0.2) is 51.4 Å². The van der Waals surface area contributed by atoms with E-state index < -0.39 is 16.5 Å². The van der Waals surface area contributed by atoms with Gasteiger partial charge in [-0.25, -0.2) is 9.48 Å². The highest BCUT2D eigenvalue weighted by Crippen LogP contribution is 2.29. The summed E-state index contributed by atoms with van der Waals surface area (Å²) >= 11 is 11.6. The Balaban J connectivity index is 2.01. The second-order valence-corrected chi connectivity index (χ2v) is 6.60. The quantitative estimate of drug-likeness (QED) is 0.335. The molecule has 1 heterocycles. The van der Waals surface area contributed by atoms with Gasteiger partial charge in [-0.3, -0.25) is 20.0 Å². The van der Waals surface area contributed by atoms with Gasteiger partial charge in [0.05, 0.1) is 32.6 Å². The molecule has 2 aromatic carbocycles. The molecule has 0 spiro atoms. The van der Waals surface area contributed by atoms with Crippen LogP contribution in [0, 0.1) is 17.0 Å². The van der Waals surface area contributed by atoms with E-state index >= 15 is 0 Å². The van der Waals surface area contributed by atoms with E-state index in [1.165, 1.54) is 30.3 Å². The van der Waals surface area contributed by atoms with Gasteiger partial charge in [-0.2, -0.15) is 5.11 Å². The van der Waals surface area contributed by atoms with Crippen LogP contribution in [0.1, 0.15) is 16.1 Å². The number of azo groups is 1. The number of carboxylic acids is 1. The largest absolute Gasteiger partial charge is 0.478 e. The lowest BCUT2D eigenvalue weighted by Crippen LogP contribution is -2.14. The third kappa shape index (κ3) is 4.03. The van der Waals surface area contributed by atoms with Crippen molar-refractivity contribution in [1.29, 1.82) is 0 Å². The van der Waals surface area contributed by atoms with Gasteiger partial charge < -0.3 is 5.11 Å². The molecule has 2 N–H and O–H groups in total. The molecular formula is C17H11Cl2N5O5. The van der Waals surface area contributed by atoms with E-state index in [9.17, 15) is 24.8 Å². The number of nitrogens with one attached hydrogen (secondary N) is 1. The van der Waals surface area contributed by atoms with Crippen molar-refractivity contribution in [2.24, 2.45) is 10.2 Å². The number of nitrogens with zero attached hydrogens (tertiary/aromatic N) is 4. The third-order valence-electron chi connectivity index (χ3n) is 3.87. The van der Waals surface area contributed by atoms with Gasteiger partial charge in [-0.1, -0.05) is 23.2 Å². The zero-order valence-electron chi connectivity index (χ0n) is 14.6. The van der Waals surface area contributed by atoms with Crippen LogP contribution in [0.5, 0.6) is 0 Å². The number of aromatic carboxylic acids is 1. The van der Waals surface area contributed by atoms with Crippen molar-refractivity contribution in [2.75, 3.05) is 0 Å². The Morgan fingerprint density at radius 2 is 1.86 bits per heavy atom. The SMILES string of the molecule is Cc1[nH]n(-c2ccc(Cl)c(C(=O)O)c2)c(=O)c1N=Nc1ccc(Cl)c([N+](=O)[O-])c1. The number of nitro benzene ring substituents is 1. The van der Waals surface area contributed by atoms with Crippen LogP contribution >= 0.6 is 23.2 Å². The second-order valence-electron chi connectivity index (χ2n) is 5.79. The number of carboxylic acid groups (broad SMARTS) is 1. The van der Waals surface area contributed by atoms with Gasteiger partial charge in [0.15, 0.2) is 5.69 Å². The predicted molar refractivity (Wildman–Crippen MR) is 105 cm³/mol. The zero-order valence-corrected chi connectivity index (χ0v) is 16.1. The Bertz CT molecular complexity index is 1230. The molecule has 0 atom stereocenters. The molecule has 0 fully saturated rings. The molecule has 0 saturated carbocycles. The number of hydrogen-bond donors (Lipinski definition) is 2. The highest BCUT2D eigenvalue weighted by atomic mass is 35.5. The summed E-state index contributed by atoms with van der Waals surface area (Å²) in [7, 11) is 0. The van der Waals surface area contributed by atoms with Crippen LogP contribution in [0.3, 0.4) is 0 Å². The average molecular weight is 436 g/mol. The van der Waals surface area contributed by atoms with Crippen molar-refractivity contribution in [3.05, 3.63) is 78.2 Å². The summed E-state index contributed by atoms with van der Waals surface area (Å²) in [5.74, 6) is -1.24. The second kappa shape index (κ2) is 7.86. The minimum atomic E-state index is -1.24. The number of aromatic nitrogens is 2. The average Bonchev–Trinajstić information content (AvgIpc) is 2.95. The Hall–Kier alpha value is -3.50. The molecule has 0 aliphatic carbocycles. The third-order valence-corrected chi connectivity index (χ3v) is 4.52. The summed E-state index contributed by atoms with van der Waals surface area (Å²) in [6.45, 7) is 1.57. The Morgan fingerprint density at radius 3 is 2.52 bits per heavy atom. The number of benzene rings is 2. The Morgan fingerprint density at radius 1 is 1.17 bits per heavy atom. The lowest BCUT2D eigenvalue weighted by atomic mass is 10.2. The van der Waals surface area contributed by atoms with Gasteiger partial charge in [-0.15, -0.1) is 5.11 Å². The van der Waals surface area contributed by atoms with E-state index in [0.29, 0.717) is 5.69 Å². The van der Waals surface area contributed by atoms with Crippen LogP contribution in [0.4, 0.5) is 17.1 Å². The van der Waals surface area contributed by atoms with E-state index in [0.717, 1.165) is 10.7 Å². The van der Waals surface area contributed by atoms with Crippen LogP contribution in [-0.4, -0.2) is 25.8 Å². The molecule has 1 aromatic heterocycles. The van der Waals surface area contributed by atoms with Gasteiger partial charge in [-0.05, 0) is 37.3 Å². The van der Waals surface area contributed by atoms with Crippen LogP contribution in [0.2, 0.25) is 10.0 Å². The number of hydrogen-bond acceptors (Lipinski definition) is 6. The fraction of sp³-hybridized carbons (Fsp3) is 0.0588. The number of carbonyl (C=O) groups is 1. The first-order valence-corrected chi connectivity index (χ1v) is 8.65. The summed E-state index contributed by atoms with van der Waals surface area (Å²) < 4.78 is 1.09. The first-order chi connectivity index (χ1) is 13.7. The molecule has 3 rings (SSSR count). The molecule has 0 radical (unpaired) electrons. The van der Waals surface area contributed by atoms with Crippen molar-refractivity contribution in [3.63, 3.8) is 0 Å². The van der Waals surface area contributed by atoms with Crippen LogP contribution in [-0.2, 0) is 0 Å². The summed E-state index contributed by atoms with van der Waals surface area (Å²) in [6, 6.07) is 7.91. The first kappa shape index (κ1) is 20.2. The van der Waals surface area contributed by atoms with Crippen molar-refractivity contribution in [1.82, 2.24) is 9.78 Å². The molecule has 0 unspecified atom stereocenters. The summed E-state index contributed by atoms with van der Waals surface area (Å²) in [4.78, 5) is 34.2. The number of aromatic amines is 1. The molecule has 12 heteroatoms. The molecule has 148 valence electrons. The van der Waals surface area contributed by atoms with E-state index in [1.807, 2.05) is 0 Å². The number of nitro groups is 1. The smallest absolute Gasteiger partial charge is 0.337 e. The van der Waals surface area contributed by atoms with E-state index in [4.69, 9.17) is 23.2 Å². The maximum Gasteiger partial charge on any atom is 0.337 e. The van der Waals surface area contributed by atoms with Gasteiger partial charge in [0.1, 0.15) is 5.02 Å². The molecule has 10 nitrogen and oxygen atoms in total. The minimum absolute atomic E-state index is 0.0295. The predicted octanol–water partition coefficient (Wildman–Crippen LogP) is 4.80. The Labute approximate surface area is 172 Å². The first-order valence-electron chi connectivity index (χ1n) is 7.89. The standard InChI is InChI=1S/C17H11Cl2N5O5/c1-8-15(21-20-9-2-4-13(19)14(6-9)24(28)29)16(25)23(22-8)10-3-5-12(18)11(7-10)17(26)27/h2-7,22H,1H3,(H,26,27). The molecule has 0 amide bonds. The number of H-pyrrole nitrogens is 1. The van der Waals surface area contributed by atoms with Crippen molar-refractivity contribution >= 4 is 46.2 Å². The molecule has 29 heavy (non-hydrogen) atoms. The van der Waals surface area contributed by atoms with Crippen molar-refractivity contribution < 1.29 is 14.8 Å². The maximum absolute atomic E-state index is 12.7. The van der Waals surface area contributed by atoms with Crippen molar-refractivity contribution in [3.8, 4) is 5.69 Å². The molecule has 0 saturated heterocycles. The van der Waals surface area contributed by atoms with E-state index in [-0.39, 0.29) is 38.4 Å². The number of aryl methyl sites for hydroxylation is 1. The van der Waals surface area contributed by atoms with Gasteiger partial charge in [0, 0.05) is 6.07 Å². The topological polar surface area (TPSA) is 143 Å². The molecule has 0 aliphatic heterocycles. The fourth-order valence-corrected chi connectivity index (χ4v) is 2.85. The highest BCUT2D eigenvalue weighted by Gasteiger charge is 2.16. The van der Waals surface area contributed by atoms with E-state index in [2.05, 4.69) is 15.3 Å². The lowest BCUT2D eigenvalue weighted by molar-refractivity contribution is -0.384. The molecule has 0 bridgehead atoms. The summed E-state index contributed by atoms with van der Waals surface area (Å²) in [6.07, 6.45) is 0. The Kier molecular flexibility index (Phi) is 5.48. The maximum atomic E-state index is 12.7. The fourth-order valence-electron chi connectivity index (χ4n) is 2.46. The zero-order chi connectivity index (χ0) is 21.3. The highest BCUT2D eigenvalue weighted by molar-refractivity contribution is 6.33. The minimum Gasteiger partial charge on any atom is -0.478 e.